The van der Waals surface area contributed by atoms with Gasteiger partial charge in [-0.3, -0.25) is 0 Å². The summed E-state index contributed by atoms with van der Waals surface area (Å²) in [6.07, 6.45) is 1.68. The number of hydrogen-bond acceptors (Lipinski definition) is 2. The zero-order valence-corrected chi connectivity index (χ0v) is 13.4. The number of pyridine rings is 1. The van der Waals surface area contributed by atoms with Gasteiger partial charge in [0.1, 0.15) is 11.0 Å². The Morgan fingerprint density at radius 2 is 1.85 bits per heavy atom. The molecule has 0 aliphatic carbocycles. The van der Waals surface area contributed by atoms with Gasteiger partial charge < -0.3 is 23.5 Å². The van der Waals surface area contributed by atoms with Crippen LogP contribution < -0.4 is 18.1 Å². The van der Waals surface area contributed by atoms with Crippen LogP contribution >= 0.6 is 11.6 Å². The van der Waals surface area contributed by atoms with E-state index in [4.69, 9.17) is 17.3 Å². The van der Waals surface area contributed by atoms with Gasteiger partial charge >= 0.3 is 23.1 Å². The van der Waals surface area contributed by atoms with Gasteiger partial charge in [0.25, 0.3) is 0 Å². The molecule has 0 atom stereocenters. The number of halogens is 3. The summed E-state index contributed by atoms with van der Waals surface area (Å²) >= 11 is 5.88. The van der Waals surface area contributed by atoms with E-state index >= 15 is 0 Å². The molecule has 0 amide bonds. The van der Waals surface area contributed by atoms with Crippen molar-refractivity contribution in [3.8, 4) is 0 Å². The summed E-state index contributed by atoms with van der Waals surface area (Å²) in [5.41, 5.74) is 7.18. The smallest absolute Gasteiger partial charge is 1.00 e. The molecule has 2 rings (SSSR count). The van der Waals surface area contributed by atoms with Crippen molar-refractivity contribution in [1.82, 2.24) is 4.98 Å². The molecular weight excluding hydrogens is 312 g/mol. The number of hydrogen-bond donors (Lipinski definition) is 1. The van der Waals surface area contributed by atoms with Crippen LogP contribution in [0.1, 0.15) is 11.1 Å². The van der Waals surface area contributed by atoms with Gasteiger partial charge in [0.2, 0.25) is 0 Å². The van der Waals surface area contributed by atoms with Gasteiger partial charge in [-0.15, -0.1) is 0 Å². The van der Waals surface area contributed by atoms with Crippen molar-refractivity contribution in [2.45, 2.75) is 6.42 Å². The van der Waals surface area contributed by atoms with Crippen LogP contribution in [0.3, 0.4) is 0 Å². The van der Waals surface area contributed by atoms with E-state index in [0.29, 0.717) is 11.3 Å². The molecule has 1 aromatic carbocycles. The summed E-state index contributed by atoms with van der Waals surface area (Å²) in [6.45, 7) is 0. The summed E-state index contributed by atoms with van der Waals surface area (Å²) in [6, 6.07) is 7.40. The number of nitrogens with zero attached hydrogens (tertiary/aromatic N) is 2. The van der Waals surface area contributed by atoms with E-state index in [1.54, 1.807) is 18.2 Å². The van der Waals surface area contributed by atoms with Gasteiger partial charge in [0.15, 0.2) is 0 Å². The Bertz CT molecular complexity index is 570. The van der Waals surface area contributed by atoms with E-state index in [0.717, 1.165) is 5.56 Å². The molecule has 0 fully saturated rings. The zero-order chi connectivity index (χ0) is 13.1. The number of rotatable bonds is 3. The third-order valence-electron chi connectivity index (χ3n) is 2.51. The molecule has 0 aliphatic rings. The Morgan fingerprint density at radius 1 is 1.25 bits per heavy atom. The number of aromatic nitrogens is 1. The standard InChI is InChI=1S/C13H10ClFN3.ClH.Mg/c14-13-12(10(16)5-6-18-13)11(17)7-8-1-3-9(15)4-2-8;;/h1-6H,7H2,(H2,16,18);1H;/q-1;;+2/p-1. The SMILES string of the molecule is [Cl-].[Mg+2].[N-]=C(Cc1ccc(F)cc1)c1c(N)ccnc1Cl. The van der Waals surface area contributed by atoms with Crippen molar-refractivity contribution in [2.24, 2.45) is 0 Å². The molecule has 1 heterocycles. The number of anilines is 1. The van der Waals surface area contributed by atoms with E-state index in [9.17, 15) is 9.80 Å². The Morgan fingerprint density at radius 3 is 2.40 bits per heavy atom. The van der Waals surface area contributed by atoms with Crippen molar-refractivity contribution in [3.63, 3.8) is 0 Å². The minimum absolute atomic E-state index is 0. The van der Waals surface area contributed by atoms with Gasteiger partial charge in [0, 0.05) is 17.4 Å². The quantitative estimate of drug-likeness (QED) is 0.478. The van der Waals surface area contributed by atoms with E-state index in [2.05, 4.69) is 4.98 Å². The van der Waals surface area contributed by atoms with E-state index in [-0.39, 0.29) is 58.6 Å². The summed E-state index contributed by atoms with van der Waals surface area (Å²) in [5.74, 6) is -0.322. The Kier molecular flexibility index (Phi) is 8.04. The molecule has 2 aromatic rings. The van der Waals surface area contributed by atoms with Crippen LogP contribution in [0.25, 0.3) is 5.41 Å². The predicted molar refractivity (Wildman–Crippen MR) is 77.0 cm³/mol. The largest absolute Gasteiger partial charge is 2.00 e. The monoisotopic (exact) mass is 321 g/mol. The van der Waals surface area contributed by atoms with Crippen LogP contribution in [0.4, 0.5) is 10.1 Å². The summed E-state index contributed by atoms with van der Waals surface area (Å²) in [7, 11) is 0. The predicted octanol–water partition coefficient (Wildman–Crippen LogP) is -0.319. The molecule has 1 aromatic heterocycles. The van der Waals surface area contributed by atoms with Crippen LogP contribution in [0.2, 0.25) is 5.15 Å². The van der Waals surface area contributed by atoms with Crippen LogP contribution in [-0.4, -0.2) is 33.7 Å². The second-order valence-corrected chi connectivity index (χ2v) is 4.17. The zero-order valence-electron chi connectivity index (χ0n) is 10.5. The number of benzene rings is 1. The maximum Gasteiger partial charge on any atom is 2.00 e. The molecule has 0 bridgehead atoms. The normalized spacial score (nSPS) is 9.30. The van der Waals surface area contributed by atoms with Gasteiger partial charge in [-0.25, -0.2) is 9.37 Å². The van der Waals surface area contributed by atoms with Crippen molar-refractivity contribution in [3.05, 3.63) is 64.0 Å². The van der Waals surface area contributed by atoms with Crippen molar-refractivity contribution >= 4 is 46.1 Å². The fourth-order valence-corrected chi connectivity index (χ4v) is 1.89. The Hall–Kier alpha value is -0.884. The third kappa shape index (κ3) is 4.59. The van der Waals surface area contributed by atoms with E-state index < -0.39 is 0 Å². The maximum absolute atomic E-state index is 12.8. The van der Waals surface area contributed by atoms with Crippen LogP contribution in [0.5, 0.6) is 0 Å². The Balaban J connectivity index is 0.00000180. The van der Waals surface area contributed by atoms with Gasteiger partial charge in [-0.2, -0.15) is 5.71 Å². The molecule has 3 nitrogen and oxygen atoms in total. The minimum atomic E-state index is -0.322. The summed E-state index contributed by atoms with van der Waals surface area (Å²) in [4.78, 5) is 3.86. The van der Waals surface area contributed by atoms with Gasteiger partial charge in [-0.05, 0) is 30.2 Å². The molecule has 0 saturated carbocycles. The average molecular weight is 322 g/mol. The molecule has 20 heavy (non-hydrogen) atoms. The molecule has 7 heteroatoms. The van der Waals surface area contributed by atoms with Gasteiger partial charge in [-0.1, -0.05) is 23.7 Å². The first-order valence-electron chi connectivity index (χ1n) is 5.27. The fraction of sp³-hybridized carbons (Fsp3) is 0.0769. The number of nitrogen functional groups attached to an aromatic ring is 1. The molecule has 0 unspecified atom stereocenters. The molecule has 0 spiro atoms. The molecular formula is C13H10Cl2FMgN3. The second-order valence-electron chi connectivity index (χ2n) is 3.82. The van der Waals surface area contributed by atoms with Crippen LogP contribution in [0, 0.1) is 5.82 Å². The average Bonchev–Trinajstić information content (AvgIpc) is 2.32. The minimum Gasteiger partial charge on any atom is -1.00 e. The third-order valence-corrected chi connectivity index (χ3v) is 2.80. The molecule has 100 valence electrons. The fourth-order valence-electron chi connectivity index (χ4n) is 1.62. The van der Waals surface area contributed by atoms with E-state index in [1.165, 1.54) is 18.3 Å². The molecule has 2 N–H and O–H groups in total. The number of nitrogens with two attached hydrogens (primary N) is 1. The first kappa shape index (κ1) is 19.1. The second kappa shape index (κ2) is 8.41. The first-order valence-corrected chi connectivity index (χ1v) is 5.65. The van der Waals surface area contributed by atoms with Crippen molar-refractivity contribution in [2.75, 3.05) is 5.73 Å². The van der Waals surface area contributed by atoms with Crippen molar-refractivity contribution < 1.29 is 16.8 Å². The van der Waals surface area contributed by atoms with Crippen LogP contribution in [-0.2, 0) is 6.42 Å². The topological polar surface area (TPSA) is 61.2 Å². The summed E-state index contributed by atoms with van der Waals surface area (Å²) < 4.78 is 12.8. The first-order chi connectivity index (χ1) is 8.58. The Labute approximate surface area is 143 Å². The molecule has 0 radical (unpaired) electrons. The van der Waals surface area contributed by atoms with Gasteiger partial charge in [0.05, 0.1) is 0 Å². The van der Waals surface area contributed by atoms with E-state index in [1.807, 2.05) is 0 Å². The van der Waals surface area contributed by atoms with Crippen LogP contribution in [0.15, 0.2) is 36.5 Å². The summed E-state index contributed by atoms with van der Waals surface area (Å²) in [5, 5.41) is 10.2. The maximum atomic E-state index is 12.8. The molecule has 0 aliphatic heterocycles. The van der Waals surface area contributed by atoms with Crippen molar-refractivity contribution in [1.29, 1.82) is 0 Å². The molecule has 0 saturated heterocycles.